The van der Waals surface area contributed by atoms with E-state index in [1.54, 1.807) is 11.0 Å². The zero-order valence-electron chi connectivity index (χ0n) is 11.4. The second-order valence-corrected chi connectivity index (χ2v) is 8.14. The molecule has 1 fully saturated rings. The van der Waals surface area contributed by atoms with Gasteiger partial charge in [-0.05, 0) is 43.4 Å². The Balaban J connectivity index is 2.08. The highest BCUT2D eigenvalue weighted by atomic mass is 35.5. The van der Waals surface area contributed by atoms with Gasteiger partial charge in [0.25, 0.3) is 5.91 Å². The van der Waals surface area contributed by atoms with Gasteiger partial charge in [-0.15, -0.1) is 0 Å². The first kappa shape index (κ1) is 13.9. The summed E-state index contributed by atoms with van der Waals surface area (Å²) in [6, 6.07) is 3.23. The molecule has 1 atom stereocenters. The SMILES string of the molecule is CC(C1CC1)N1Cc2cc(Cl)cc(S(C)(=O)=O)c2C1=O. The third kappa shape index (κ3) is 2.23. The first-order valence-electron chi connectivity index (χ1n) is 6.62. The smallest absolute Gasteiger partial charge is 0.256 e. The van der Waals surface area contributed by atoms with Gasteiger partial charge in [0.1, 0.15) is 0 Å². The Morgan fingerprint density at radius 2 is 2.00 bits per heavy atom. The van der Waals surface area contributed by atoms with Gasteiger partial charge < -0.3 is 4.90 Å². The molecule has 0 radical (unpaired) electrons. The molecule has 1 aliphatic heterocycles. The van der Waals surface area contributed by atoms with Crippen molar-refractivity contribution < 1.29 is 13.2 Å². The van der Waals surface area contributed by atoms with E-state index in [-0.39, 0.29) is 16.8 Å². The van der Waals surface area contributed by atoms with Crippen molar-refractivity contribution >= 4 is 27.3 Å². The minimum Gasteiger partial charge on any atom is -0.331 e. The molecule has 0 aromatic heterocycles. The molecule has 1 amide bonds. The van der Waals surface area contributed by atoms with Crippen molar-refractivity contribution in [3.63, 3.8) is 0 Å². The minimum absolute atomic E-state index is 0.0514. The van der Waals surface area contributed by atoms with Crippen molar-refractivity contribution in [2.45, 2.75) is 37.2 Å². The van der Waals surface area contributed by atoms with Crippen LogP contribution in [0.4, 0.5) is 0 Å². The van der Waals surface area contributed by atoms with E-state index in [2.05, 4.69) is 0 Å². The van der Waals surface area contributed by atoms with E-state index in [4.69, 9.17) is 11.6 Å². The van der Waals surface area contributed by atoms with Crippen LogP contribution in [0.15, 0.2) is 17.0 Å². The number of hydrogen-bond acceptors (Lipinski definition) is 3. The summed E-state index contributed by atoms with van der Waals surface area (Å²) < 4.78 is 23.8. The van der Waals surface area contributed by atoms with Crippen LogP contribution < -0.4 is 0 Å². The minimum atomic E-state index is -3.47. The highest BCUT2D eigenvalue weighted by molar-refractivity contribution is 7.90. The number of halogens is 1. The standard InChI is InChI=1S/C14H16ClNO3S/c1-8(9-3-4-9)16-7-10-5-11(15)6-12(20(2,18)19)13(10)14(16)17/h5-6,8-9H,3-4,7H2,1-2H3. The molecular weight excluding hydrogens is 298 g/mol. The van der Waals surface area contributed by atoms with Gasteiger partial charge in [0.15, 0.2) is 9.84 Å². The van der Waals surface area contributed by atoms with Crippen LogP contribution in [0.5, 0.6) is 0 Å². The molecule has 2 aliphatic rings. The molecule has 1 aromatic rings. The summed E-state index contributed by atoms with van der Waals surface area (Å²) in [5.41, 5.74) is 1.03. The van der Waals surface area contributed by atoms with E-state index in [1.807, 2.05) is 6.92 Å². The predicted molar refractivity (Wildman–Crippen MR) is 76.6 cm³/mol. The lowest BCUT2D eigenvalue weighted by molar-refractivity contribution is 0.0695. The maximum absolute atomic E-state index is 12.6. The summed E-state index contributed by atoms with van der Waals surface area (Å²) in [6.07, 6.45) is 3.39. The second-order valence-electron chi connectivity index (χ2n) is 5.72. The molecule has 108 valence electrons. The Morgan fingerprint density at radius 1 is 1.35 bits per heavy atom. The summed E-state index contributed by atoms with van der Waals surface area (Å²) in [4.78, 5) is 14.4. The molecule has 4 nitrogen and oxygen atoms in total. The van der Waals surface area contributed by atoms with Crippen molar-refractivity contribution in [3.05, 3.63) is 28.3 Å². The van der Waals surface area contributed by atoms with Crippen LogP contribution in [0.2, 0.25) is 5.02 Å². The highest BCUT2D eigenvalue weighted by Gasteiger charge is 2.40. The van der Waals surface area contributed by atoms with Gasteiger partial charge >= 0.3 is 0 Å². The zero-order chi connectivity index (χ0) is 14.7. The van der Waals surface area contributed by atoms with Gasteiger partial charge in [-0.2, -0.15) is 0 Å². The number of carbonyl (C=O) groups is 1. The van der Waals surface area contributed by atoms with Crippen LogP contribution in [0.3, 0.4) is 0 Å². The molecule has 1 aromatic carbocycles. The van der Waals surface area contributed by atoms with Gasteiger partial charge in [0.05, 0.1) is 10.5 Å². The Morgan fingerprint density at radius 3 is 2.55 bits per heavy atom. The van der Waals surface area contributed by atoms with Crippen molar-refractivity contribution in [1.82, 2.24) is 4.90 Å². The number of carbonyl (C=O) groups excluding carboxylic acids is 1. The lowest BCUT2D eigenvalue weighted by atomic mass is 10.1. The van der Waals surface area contributed by atoms with Crippen molar-refractivity contribution in [3.8, 4) is 0 Å². The van der Waals surface area contributed by atoms with Gasteiger partial charge in [-0.25, -0.2) is 8.42 Å². The number of fused-ring (bicyclic) bond motifs is 1. The predicted octanol–water partition coefficient (Wildman–Crippen LogP) is 2.50. The first-order valence-corrected chi connectivity index (χ1v) is 8.89. The first-order chi connectivity index (χ1) is 9.29. The Bertz CT molecular complexity index is 695. The number of sulfone groups is 1. The molecular formula is C14H16ClNO3S. The number of benzene rings is 1. The Kier molecular flexibility index (Phi) is 3.10. The van der Waals surface area contributed by atoms with Gasteiger partial charge in [0, 0.05) is 23.9 Å². The van der Waals surface area contributed by atoms with Gasteiger partial charge in [0.2, 0.25) is 0 Å². The molecule has 20 heavy (non-hydrogen) atoms. The van der Waals surface area contributed by atoms with Gasteiger partial charge in [-0.1, -0.05) is 11.6 Å². The van der Waals surface area contributed by atoms with Crippen LogP contribution in [-0.4, -0.2) is 31.5 Å². The summed E-state index contributed by atoms with van der Waals surface area (Å²) in [7, 11) is -3.47. The third-order valence-corrected chi connectivity index (χ3v) is 5.50. The van der Waals surface area contributed by atoms with Crippen LogP contribution >= 0.6 is 11.6 Å². The topological polar surface area (TPSA) is 54.5 Å². The maximum atomic E-state index is 12.6. The number of hydrogen-bond donors (Lipinski definition) is 0. The average molecular weight is 314 g/mol. The fourth-order valence-corrected chi connectivity index (χ4v) is 4.09. The van der Waals surface area contributed by atoms with E-state index in [0.717, 1.165) is 24.7 Å². The molecule has 3 rings (SSSR count). The van der Waals surface area contributed by atoms with Crippen molar-refractivity contribution in [1.29, 1.82) is 0 Å². The number of rotatable bonds is 3. The van der Waals surface area contributed by atoms with E-state index in [1.165, 1.54) is 6.07 Å². The fraction of sp³-hybridized carbons (Fsp3) is 0.500. The summed E-state index contributed by atoms with van der Waals surface area (Å²) in [6.45, 7) is 2.48. The van der Waals surface area contributed by atoms with E-state index >= 15 is 0 Å². The van der Waals surface area contributed by atoms with Crippen LogP contribution in [0.25, 0.3) is 0 Å². The second kappa shape index (κ2) is 4.46. The highest BCUT2D eigenvalue weighted by Crippen LogP contribution is 2.40. The quantitative estimate of drug-likeness (QED) is 0.861. The van der Waals surface area contributed by atoms with Crippen LogP contribution in [-0.2, 0) is 16.4 Å². The molecule has 0 bridgehead atoms. The molecule has 0 saturated heterocycles. The lowest BCUT2D eigenvalue weighted by Crippen LogP contribution is -2.35. The largest absolute Gasteiger partial charge is 0.331 e. The van der Waals surface area contributed by atoms with Crippen molar-refractivity contribution in [2.75, 3.05) is 6.26 Å². The van der Waals surface area contributed by atoms with Crippen LogP contribution in [0, 0.1) is 5.92 Å². The maximum Gasteiger partial charge on any atom is 0.256 e. The lowest BCUT2D eigenvalue weighted by Gasteiger charge is -2.24. The monoisotopic (exact) mass is 313 g/mol. The molecule has 1 aliphatic carbocycles. The summed E-state index contributed by atoms with van der Waals surface area (Å²) in [5.74, 6) is 0.363. The number of nitrogens with zero attached hydrogens (tertiary/aromatic N) is 1. The van der Waals surface area contributed by atoms with E-state index in [9.17, 15) is 13.2 Å². The average Bonchev–Trinajstić information content (AvgIpc) is 3.12. The molecule has 0 spiro atoms. The molecule has 6 heteroatoms. The molecule has 1 heterocycles. The molecule has 0 N–H and O–H groups in total. The third-order valence-electron chi connectivity index (χ3n) is 4.16. The normalized spacial score (nSPS) is 20.1. The Labute approximate surface area is 123 Å². The van der Waals surface area contributed by atoms with Crippen LogP contribution in [0.1, 0.15) is 35.7 Å². The van der Waals surface area contributed by atoms with Gasteiger partial charge in [-0.3, -0.25) is 4.79 Å². The Hall–Kier alpha value is -1.07. The summed E-state index contributed by atoms with van der Waals surface area (Å²) in [5, 5.41) is 0.359. The number of amides is 1. The zero-order valence-corrected chi connectivity index (χ0v) is 13.0. The molecule has 1 saturated carbocycles. The molecule has 1 unspecified atom stereocenters. The fourth-order valence-electron chi connectivity index (χ4n) is 2.86. The van der Waals surface area contributed by atoms with E-state index < -0.39 is 9.84 Å². The van der Waals surface area contributed by atoms with E-state index in [0.29, 0.717) is 23.0 Å². The summed E-state index contributed by atoms with van der Waals surface area (Å²) >= 11 is 5.99. The van der Waals surface area contributed by atoms with Crippen molar-refractivity contribution in [2.24, 2.45) is 5.92 Å².